The number of aromatic nitrogens is 2. The van der Waals surface area contributed by atoms with Crippen LogP contribution in [0.15, 0.2) is 12.4 Å². The molecule has 0 saturated carbocycles. The number of likely N-dealkylation sites (tertiary alicyclic amines) is 1. The van der Waals surface area contributed by atoms with Gasteiger partial charge in [0.25, 0.3) is 0 Å². The summed E-state index contributed by atoms with van der Waals surface area (Å²) >= 11 is 5.81. The standard InChI is InChI=1S/C11H16ClN3/c1-15-4-2-3-9(8-15)5-10-6-13-7-11(12)14-10/h6-7,9H,2-5,8H2,1H3. The van der Waals surface area contributed by atoms with Crippen molar-refractivity contribution in [3.8, 4) is 0 Å². The molecule has 0 aliphatic carbocycles. The van der Waals surface area contributed by atoms with Gasteiger partial charge < -0.3 is 4.90 Å². The van der Waals surface area contributed by atoms with E-state index in [0.717, 1.165) is 18.7 Å². The number of rotatable bonds is 2. The van der Waals surface area contributed by atoms with Crippen LogP contribution in [0.5, 0.6) is 0 Å². The van der Waals surface area contributed by atoms with Gasteiger partial charge in [-0.1, -0.05) is 11.6 Å². The molecule has 0 spiro atoms. The Morgan fingerprint density at radius 3 is 3.13 bits per heavy atom. The highest BCUT2D eigenvalue weighted by Gasteiger charge is 2.17. The topological polar surface area (TPSA) is 29.0 Å². The summed E-state index contributed by atoms with van der Waals surface area (Å²) in [6.45, 7) is 2.38. The third-order valence-corrected chi connectivity index (χ3v) is 3.06. The first-order valence-electron chi connectivity index (χ1n) is 5.39. The van der Waals surface area contributed by atoms with Crippen molar-refractivity contribution in [3.05, 3.63) is 23.2 Å². The van der Waals surface area contributed by atoms with Gasteiger partial charge in [0.1, 0.15) is 5.15 Å². The van der Waals surface area contributed by atoms with Gasteiger partial charge in [-0.2, -0.15) is 0 Å². The average Bonchev–Trinajstić information content (AvgIpc) is 2.17. The van der Waals surface area contributed by atoms with Gasteiger partial charge in [-0.25, -0.2) is 4.98 Å². The maximum Gasteiger partial charge on any atom is 0.147 e. The van der Waals surface area contributed by atoms with Crippen LogP contribution in [0.4, 0.5) is 0 Å². The Bertz CT molecular complexity index is 329. The van der Waals surface area contributed by atoms with E-state index in [0.29, 0.717) is 11.1 Å². The van der Waals surface area contributed by atoms with E-state index in [9.17, 15) is 0 Å². The van der Waals surface area contributed by atoms with Gasteiger partial charge in [-0.05, 0) is 38.8 Å². The van der Waals surface area contributed by atoms with Crippen molar-refractivity contribution in [2.24, 2.45) is 5.92 Å². The molecule has 1 aromatic heterocycles. The molecule has 3 nitrogen and oxygen atoms in total. The molecule has 1 fully saturated rings. The van der Waals surface area contributed by atoms with Crippen molar-refractivity contribution < 1.29 is 0 Å². The van der Waals surface area contributed by atoms with Crippen LogP contribution in [0.1, 0.15) is 18.5 Å². The van der Waals surface area contributed by atoms with Gasteiger partial charge >= 0.3 is 0 Å². The van der Waals surface area contributed by atoms with E-state index in [4.69, 9.17) is 11.6 Å². The fourth-order valence-corrected chi connectivity index (χ4v) is 2.38. The molecule has 2 rings (SSSR count). The molecule has 4 heteroatoms. The summed E-state index contributed by atoms with van der Waals surface area (Å²) in [5.74, 6) is 0.705. The summed E-state index contributed by atoms with van der Waals surface area (Å²) < 4.78 is 0. The number of hydrogen-bond donors (Lipinski definition) is 0. The molecule has 1 atom stereocenters. The highest BCUT2D eigenvalue weighted by atomic mass is 35.5. The molecule has 1 saturated heterocycles. The Balaban J connectivity index is 1.96. The highest BCUT2D eigenvalue weighted by Crippen LogP contribution is 2.19. The Kier molecular flexibility index (Phi) is 3.54. The lowest BCUT2D eigenvalue weighted by atomic mass is 9.94. The monoisotopic (exact) mass is 225 g/mol. The predicted octanol–water partition coefficient (Wildman–Crippen LogP) is 2.01. The molecule has 2 heterocycles. The minimum Gasteiger partial charge on any atom is -0.306 e. The zero-order valence-electron chi connectivity index (χ0n) is 8.99. The maximum absolute atomic E-state index is 5.81. The van der Waals surface area contributed by atoms with E-state index in [-0.39, 0.29) is 0 Å². The van der Waals surface area contributed by atoms with Crippen LogP contribution in [0.2, 0.25) is 5.15 Å². The maximum atomic E-state index is 5.81. The molecule has 15 heavy (non-hydrogen) atoms. The van der Waals surface area contributed by atoms with Crippen LogP contribution < -0.4 is 0 Å². The molecule has 1 aliphatic heterocycles. The van der Waals surface area contributed by atoms with Crippen LogP contribution in [-0.2, 0) is 6.42 Å². The molecule has 0 aromatic carbocycles. The van der Waals surface area contributed by atoms with Gasteiger partial charge in [0.05, 0.1) is 11.9 Å². The summed E-state index contributed by atoms with van der Waals surface area (Å²) in [5, 5.41) is 0.497. The van der Waals surface area contributed by atoms with Crippen LogP contribution in [0.25, 0.3) is 0 Å². The van der Waals surface area contributed by atoms with E-state index in [2.05, 4.69) is 21.9 Å². The second-order valence-corrected chi connectivity index (χ2v) is 4.70. The normalized spacial score (nSPS) is 22.9. The number of hydrogen-bond acceptors (Lipinski definition) is 3. The molecule has 1 aliphatic rings. The molecule has 0 amide bonds. The smallest absolute Gasteiger partial charge is 0.147 e. The van der Waals surface area contributed by atoms with E-state index >= 15 is 0 Å². The average molecular weight is 226 g/mol. The fraction of sp³-hybridized carbons (Fsp3) is 0.636. The van der Waals surface area contributed by atoms with Gasteiger partial charge in [0.2, 0.25) is 0 Å². The van der Waals surface area contributed by atoms with Crippen LogP contribution in [0, 0.1) is 5.92 Å². The third-order valence-electron chi connectivity index (χ3n) is 2.87. The summed E-state index contributed by atoms with van der Waals surface area (Å²) in [6.07, 6.45) is 6.98. The molecule has 1 unspecified atom stereocenters. The third kappa shape index (κ3) is 3.14. The molecule has 0 bridgehead atoms. The zero-order chi connectivity index (χ0) is 10.7. The lowest BCUT2D eigenvalue weighted by Crippen LogP contribution is -2.33. The first kappa shape index (κ1) is 10.8. The summed E-state index contributed by atoms with van der Waals surface area (Å²) in [5.41, 5.74) is 1.02. The molecule has 1 aromatic rings. The van der Waals surface area contributed by atoms with Crippen molar-refractivity contribution in [2.45, 2.75) is 19.3 Å². The van der Waals surface area contributed by atoms with Crippen molar-refractivity contribution in [2.75, 3.05) is 20.1 Å². The van der Waals surface area contributed by atoms with Crippen LogP contribution >= 0.6 is 11.6 Å². The first-order chi connectivity index (χ1) is 7.24. The lowest BCUT2D eigenvalue weighted by Gasteiger charge is -2.29. The summed E-state index contributed by atoms with van der Waals surface area (Å²) in [7, 11) is 2.18. The quantitative estimate of drug-likeness (QED) is 0.771. The molecule has 82 valence electrons. The minimum absolute atomic E-state index is 0.497. The van der Waals surface area contributed by atoms with E-state index in [1.165, 1.54) is 19.4 Å². The highest BCUT2D eigenvalue weighted by molar-refractivity contribution is 6.29. The fourth-order valence-electron chi connectivity index (χ4n) is 2.21. The van der Waals surface area contributed by atoms with Crippen LogP contribution in [-0.4, -0.2) is 35.0 Å². The Morgan fingerprint density at radius 1 is 1.53 bits per heavy atom. The van der Waals surface area contributed by atoms with Crippen molar-refractivity contribution in [1.82, 2.24) is 14.9 Å². The largest absolute Gasteiger partial charge is 0.306 e. The zero-order valence-corrected chi connectivity index (χ0v) is 9.74. The Morgan fingerprint density at radius 2 is 2.40 bits per heavy atom. The Hall–Kier alpha value is -0.670. The van der Waals surface area contributed by atoms with Crippen molar-refractivity contribution in [1.29, 1.82) is 0 Å². The molecule has 0 N–H and O–H groups in total. The van der Waals surface area contributed by atoms with Crippen molar-refractivity contribution >= 4 is 11.6 Å². The Labute approximate surface area is 95.5 Å². The second-order valence-electron chi connectivity index (χ2n) is 4.31. The minimum atomic E-state index is 0.497. The van der Waals surface area contributed by atoms with E-state index < -0.39 is 0 Å². The van der Waals surface area contributed by atoms with E-state index in [1.54, 1.807) is 6.20 Å². The first-order valence-corrected chi connectivity index (χ1v) is 5.77. The van der Waals surface area contributed by atoms with E-state index in [1.807, 2.05) is 6.20 Å². The van der Waals surface area contributed by atoms with Gasteiger partial charge in [0.15, 0.2) is 0 Å². The lowest BCUT2D eigenvalue weighted by molar-refractivity contribution is 0.208. The molecular formula is C11H16ClN3. The van der Waals surface area contributed by atoms with Crippen LogP contribution in [0.3, 0.4) is 0 Å². The number of piperidine rings is 1. The van der Waals surface area contributed by atoms with Gasteiger partial charge in [-0.15, -0.1) is 0 Å². The van der Waals surface area contributed by atoms with Gasteiger partial charge in [0, 0.05) is 12.7 Å². The molecular weight excluding hydrogens is 210 g/mol. The predicted molar refractivity (Wildman–Crippen MR) is 61.0 cm³/mol. The summed E-state index contributed by atoms with van der Waals surface area (Å²) in [4.78, 5) is 10.7. The van der Waals surface area contributed by atoms with Crippen molar-refractivity contribution in [3.63, 3.8) is 0 Å². The summed E-state index contributed by atoms with van der Waals surface area (Å²) in [6, 6.07) is 0. The SMILES string of the molecule is CN1CCCC(Cc2cncc(Cl)n2)C1. The number of nitrogens with zero attached hydrogens (tertiary/aromatic N) is 3. The molecule has 0 radical (unpaired) electrons. The second kappa shape index (κ2) is 4.90. The number of halogens is 1. The van der Waals surface area contributed by atoms with Gasteiger partial charge in [-0.3, -0.25) is 4.98 Å².